The van der Waals surface area contributed by atoms with E-state index < -0.39 is 0 Å². The van der Waals surface area contributed by atoms with Crippen LogP contribution in [0.25, 0.3) is 11.4 Å². The van der Waals surface area contributed by atoms with Crippen molar-refractivity contribution in [3.05, 3.63) is 34.4 Å². The van der Waals surface area contributed by atoms with Crippen LogP contribution in [0.5, 0.6) is 5.75 Å². The normalized spacial score (nSPS) is 10.8. The summed E-state index contributed by atoms with van der Waals surface area (Å²) < 4.78 is 6.60. The molecule has 0 radical (unpaired) electrons. The van der Waals surface area contributed by atoms with E-state index >= 15 is 0 Å². The topological polar surface area (TPSA) is 47.0 Å². The van der Waals surface area contributed by atoms with Gasteiger partial charge in [0, 0.05) is 7.05 Å². The Bertz CT molecular complexity index is 629. The molecule has 0 unspecified atom stereocenters. The summed E-state index contributed by atoms with van der Waals surface area (Å²) in [6.07, 6.45) is 0. The first kappa shape index (κ1) is 15.8. The zero-order chi connectivity index (χ0) is 15.4. The van der Waals surface area contributed by atoms with Crippen LogP contribution in [-0.2, 0) is 0 Å². The molecule has 0 aliphatic rings. The molecule has 5 heteroatoms. The Kier molecular flexibility index (Phi) is 5.17. The van der Waals surface area contributed by atoms with Gasteiger partial charge in [-0.05, 0) is 40.9 Å². The maximum Gasteiger partial charge on any atom is 0.165 e. The Morgan fingerprint density at radius 3 is 2.57 bits per heavy atom. The minimum absolute atomic E-state index is 0.299. The molecule has 0 bridgehead atoms. The summed E-state index contributed by atoms with van der Waals surface area (Å²) in [6, 6.07) is 7.85. The smallest absolute Gasteiger partial charge is 0.165 e. The highest BCUT2D eigenvalue weighted by molar-refractivity contribution is 9.10. The van der Waals surface area contributed by atoms with Gasteiger partial charge in [0.15, 0.2) is 5.82 Å². The van der Waals surface area contributed by atoms with Crippen molar-refractivity contribution in [1.29, 1.82) is 0 Å². The second-order valence-electron chi connectivity index (χ2n) is 4.93. The first-order valence-electron chi connectivity index (χ1n) is 7.05. The number of para-hydroxylation sites is 1. The monoisotopic (exact) mass is 349 g/mol. The summed E-state index contributed by atoms with van der Waals surface area (Å²) in [5.41, 5.74) is 1.89. The molecule has 0 aliphatic heterocycles. The lowest BCUT2D eigenvalue weighted by Gasteiger charge is -2.15. The minimum Gasteiger partial charge on any atom is -0.493 e. The minimum atomic E-state index is 0.299. The first-order chi connectivity index (χ1) is 10.1. The molecule has 21 heavy (non-hydrogen) atoms. The quantitative estimate of drug-likeness (QED) is 0.864. The molecule has 0 saturated carbocycles. The Balaban J connectivity index is 2.61. The van der Waals surface area contributed by atoms with E-state index in [-0.39, 0.29) is 0 Å². The lowest BCUT2D eigenvalue weighted by atomic mass is 10.1. The van der Waals surface area contributed by atoms with Gasteiger partial charge in [0.25, 0.3) is 0 Å². The number of nitrogens with zero attached hydrogens (tertiary/aromatic N) is 2. The van der Waals surface area contributed by atoms with E-state index in [0.29, 0.717) is 18.3 Å². The fourth-order valence-corrected chi connectivity index (χ4v) is 2.90. The van der Waals surface area contributed by atoms with Gasteiger partial charge in [-0.25, -0.2) is 9.97 Å². The average Bonchev–Trinajstić information content (AvgIpc) is 2.48. The van der Waals surface area contributed by atoms with Crippen molar-refractivity contribution in [2.45, 2.75) is 26.7 Å². The van der Waals surface area contributed by atoms with Crippen molar-refractivity contribution in [2.24, 2.45) is 0 Å². The summed E-state index contributed by atoms with van der Waals surface area (Å²) >= 11 is 3.58. The summed E-state index contributed by atoms with van der Waals surface area (Å²) in [7, 11) is 1.86. The van der Waals surface area contributed by atoms with Gasteiger partial charge in [-0.2, -0.15) is 0 Å². The highest BCUT2D eigenvalue weighted by Gasteiger charge is 2.17. The fraction of sp³-hybridized carbons (Fsp3) is 0.375. The second-order valence-corrected chi connectivity index (χ2v) is 5.72. The number of aromatic nitrogens is 2. The Labute approximate surface area is 134 Å². The van der Waals surface area contributed by atoms with Gasteiger partial charge in [0.1, 0.15) is 11.6 Å². The van der Waals surface area contributed by atoms with Gasteiger partial charge >= 0.3 is 0 Å². The van der Waals surface area contributed by atoms with Crippen LogP contribution < -0.4 is 10.1 Å². The zero-order valence-electron chi connectivity index (χ0n) is 12.8. The van der Waals surface area contributed by atoms with Crippen LogP contribution >= 0.6 is 15.9 Å². The maximum atomic E-state index is 5.68. The average molecular weight is 350 g/mol. The summed E-state index contributed by atoms with van der Waals surface area (Å²) in [5, 5.41) is 3.11. The fourth-order valence-electron chi connectivity index (χ4n) is 2.07. The van der Waals surface area contributed by atoms with Gasteiger partial charge in [-0.15, -0.1) is 0 Å². The molecule has 112 valence electrons. The number of anilines is 1. The molecule has 0 saturated heterocycles. The number of nitrogens with one attached hydrogen (secondary N) is 1. The van der Waals surface area contributed by atoms with Gasteiger partial charge in [0.2, 0.25) is 0 Å². The number of ether oxygens (including phenoxy) is 1. The molecule has 0 amide bonds. The predicted molar refractivity (Wildman–Crippen MR) is 90.0 cm³/mol. The third kappa shape index (κ3) is 3.35. The van der Waals surface area contributed by atoms with Crippen molar-refractivity contribution in [3.8, 4) is 17.1 Å². The van der Waals surface area contributed by atoms with Crippen LogP contribution in [0.1, 0.15) is 32.4 Å². The van der Waals surface area contributed by atoms with E-state index in [1.165, 1.54) is 0 Å². The third-order valence-corrected chi connectivity index (χ3v) is 3.87. The van der Waals surface area contributed by atoms with Crippen LogP contribution in [0.4, 0.5) is 5.82 Å². The van der Waals surface area contributed by atoms with E-state index in [2.05, 4.69) is 40.1 Å². The molecule has 0 atom stereocenters. The standard InChI is InChI=1S/C16H20BrN3O/c1-5-21-12-9-7-6-8-11(12)15-19-14(10(2)3)13(17)16(18-4)20-15/h6-10H,5H2,1-4H3,(H,18,19,20). The SMILES string of the molecule is CCOc1ccccc1-c1nc(NC)c(Br)c(C(C)C)n1. The number of benzene rings is 1. The summed E-state index contributed by atoms with van der Waals surface area (Å²) in [5.74, 6) is 2.57. The van der Waals surface area contributed by atoms with Gasteiger partial charge in [0.05, 0.1) is 22.3 Å². The maximum absolute atomic E-state index is 5.68. The van der Waals surface area contributed by atoms with Gasteiger partial charge < -0.3 is 10.1 Å². The lowest BCUT2D eigenvalue weighted by molar-refractivity contribution is 0.341. The molecule has 2 rings (SSSR count). The van der Waals surface area contributed by atoms with Crippen molar-refractivity contribution >= 4 is 21.7 Å². The van der Waals surface area contributed by atoms with Crippen LogP contribution in [0, 0.1) is 0 Å². The Morgan fingerprint density at radius 2 is 1.95 bits per heavy atom. The molecule has 1 aromatic carbocycles. The molecular weight excluding hydrogens is 330 g/mol. The Hall–Kier alpha value is -1.62. The van der Waals surface area contributed by atoms with Crippen LogP contribution in [0.2, 0.25) is 0 Å². The van der Waals surface area contributed by atoms with E-state index in [0.717, 1.165) is 27.3 Å². The third-order valence-electron chi connectivity index (χ3n) is 3.09. The van der Waals surface area contributed by atoms with Crippen LogP contribution in [0.15, 0.2) is 28.7 Å². The molecule has 2 aromatic rings. The molecule has 4 nitrogen and oxygen atoms in total. The summed E-state index contributed by atoms with van der Waals surface area (Å²) in [6.45, 7) is 6.82. The molecule has 1 N–H and O–H groups in total. The molecule has 1 heterocycles. The Morgan fingerprint density at radius 1 is 1.24 bits per heavy atom. The number of rotatable bonds is 5. The predicted octanol–water partition coefficient (Wildman–Crippen LogP) is 4.47. The zero-order valence-corrected chi connectivity index (χ0v) is 14.4. The lowest BCUT2D eigenvalue weighted by Crippen LogP contribution is -2.05. The first-order valence-corrected chi connectivity index (χ1v) is 7.85. The number of halogens is 1. The molecule has 1 aromatic heterocycles. The van der Waals surface area contributed by atoms with Crippen molar-refractivity contribution in [1.82, 2.24) is 9.97 Å². The number of hydrogen-bond donors (Lipinski definition) is 1. The van der Waals surface area contributed by atoms with E-state index in [9.17, 15) is 0 Å². The molecule has 0 fully saturated rings. The molecular formula is C16H20BrN3O. The van der Waals surface area contributed by atoms with Crippen molar-refractivity contribution in [3.63, 3.8) is 0 Å². The van der Waals surface area contributed by atoms with Gasteiger partial charge in [-0.1, -0.05) is 26.0 Å². The van der Waals surface area contributed by atoms with Gasteiger partial charge in [-0.3, -0.25) is 0 Å². The van der Waals surface area contributed by atoms with E-state index in [1.807, 2.05) is 38.2 Å². The van der Waals surface area contributed by atoms with Crippen molar-refractivity contribution in [2.75, 3.05) is 19.0 Å². The van der Waals surface area contributed by atoms with E-state index in [1.54, 1.807) is 0 Å². The molecule has 0 aliphatic carbocycles. The highest BCUT2D eigenvalue weighted by Crippen LogP contribution is 2.34. The summed E-state index contributed by atoms with van der Waals surface area (Å²) in [4.78, 5) is 9.31. The van der Waals surface area contributed by atoms with E-state index in [4.69, 9.17) is 9.72 Å². The van der Waals surface area contributed by atoms with Crippen LogP contribution in [-0.4, -0.2) is 23.6 Å². The number of hydrogen-bond acceptors (Lipinski definition) is 4. The largest absolute Gasteiger partial charge is 0.493 e. The second kappa shape index (κ2) is 6.89. The van der Waals surface area contributed by atoms with Crippen LogP contribution in [0.3, 0.4) is 0 Å². The van der Waals surface area contributed by atoms with Crippen molar-refractivity contribution < 1.29 is 4.74 Å². The molecule has 0 spiro atoms. The highest BCUT2D eigenvalue weighted by atomic mass is 79.9.